The molecule has 2 rings (SSSR count). The third-order valence-electron chi connectivity index (χ3n) is 1.82. The van der Waals surface area contributed by atoms with Crippen molar-refractivity contribution in [2.24, 2.45) is 7.05 Å². The lowest BCUT2D eigenvalue weighted by Crippen LogP contribution is -2.20. The minimum atomic E-state index is -0.128. The van der Waals surface area contributed by atoms with Gasteiger partial charge in [-0.15, -0.1) is 11.3 Å². The van der Waals surface area contributed by atoms with E-state index in [2.05, 4.69) is 5.10 Å². The number of hydrogen-bond donors (Lipinski definition) is 0. The summed E-state index contributed by atoms with van der Waals surface area (Å²) in [5.41, 5.74) is 0.472. The normalized spacial score (nSPS) is 10.4. The number of halogens is 1. The maximum Gasteiger partial charge on any atom is 0.275 e. The van der Waals surface area contributed by atoms with Crippen molar-refractivity contribution in [1.29, 1.82) is 0 Å². The fourth-order valence-corrected chi connectivity index (χ4v) is 2.14. The SMILES string of the molecule is Cn1nc(Cl)cc(-c2cccs2)c1=O. The monoisotopic (exact) mass is 226 g/mol. The zero-order valence-electron chi connectivity index (χ0n) is 7.40. The van der Waals surface area contributed by atoms with Crippen LogP contribution in [0, 0.1) is 0 Å². The molecule has 0 saturated carbocycles. The van der Waals surface area contributed by atoms with E-state index in [0.717, 1.165) is 4.88 Å². The van der Waals surface area contributed by atoms with E-state index >= 15 is 0 Å². The van der Waals surface area contributed by atoms with Crippen LogP contribution in [0.2, 0.25) is 5.15 Å². The molecule has 0 N–H and O–H groups in total. The van der Waals surface area contributed by atoms with Crippen LogP contribution < -0.4 is 5.56 Å². The van der Waals surface area contributed by atoms with Crippen molar-refractivity contribution in [3.63, 3.8) is 0 Å². The number of aromatic nitrogens is 2. The topological polar surface area (TPSA) is 34.9 Å². The van der Waals surface area contributed by atoms with Crippen LogP contribution in [0.5, 0.6) is 0 Å². The lowest BCUT2D eigenvalue weighted by molar-refractivity contribution is 0.710. The third-order valence-corrected chi connectivity index (χ3v) is 2.91. The Balaban J connectivity index is 2.70. The van der Waals surface area contributed by atoms with E-state index in [4.69, 9.17) is 11.6 Å². The largest absolute Gasteiger partial charge is 0.275 e. The zero-order valence-corrected chi connectivity index (χ0v) is 8.97. The molecule has 3 nitrogen and oxygen atoms in total. The van der Waals surface area contributed by atoms with Gasteiger partial charge in [0.25, 0.3) is 5.56 Å². The van der Waals surface area contributed by atoms with Crippen molar-refractivity contribution in [1.82, 2.24) is 9.78 Å². The highest BCUT2D eigenvalue weighted by atomic mass is 35.5. The van der Waals surface area contributed by atoms with Gasteiger partial charge in [-0.05, 0) is 17.5 Å². The zero-order chi connectivity index (χ0) is 10.1. The molecule has 14 heavy (non-hydrogen) atoms. The van der Waals surface area contributed by atoms with Crippen molar-refractivity contribution < 1.29 is 0 Å². The minimum Gasteiger partial charge on any atom is -0.267 e. The van der Waals surface area contributed by atoms with Crippen LogP contribution in [0.15, 0.2) is 28.4 Å². The van der Waals surface area contributed by atoms with Crippen molar-refractivity contribution in [3.05, 3.63) is 39.1 Å². The molecule has 0 fully saturated rings. The van der Waals surface area contributed by atoms with Crippen molar-refractivity contribution in [2.45, 2.75) is 0 Å². The second-order valence-electron chi connectivity index (χ2n) is 2.79. The van der Waals surface area contributed by atoms with Gasteiger partial charge in [-0.3, -0.25) is 4.79 Å². The summed E-state index contributed by atoms with van der Waals surface area (Å²) in [5, 5.41) is 6.07. The Morgan fingerprint density at radius 3 is 3.00 bits per heavy atom. The Bertz CT molecular complexity index is 504. The Kier molecular flexibility index (Phi) is 2.39. The van der Waals surface area contributed by atoms with E-state index < -0.39 is 0 Å². The van der Waals surface area contributed by atoms with Crippen LogP contribution >= 0.6 is 22.9 Å². The van der Waals surface area contributed by atoms with E-state index in [1.807, 2.05) is 17.5 Å². The number of rotatable bonds is 1. The summed E-state index contributed by atoms with van der Waals surface area (Å²) < 4.78 is 1.25. The number of aryl methyl sites for hydroxylation is 1. The van der Waals surface area contributed by atoms with Crippen molar-refractivity contribution in [3.8, 4) is 10.4 Å². The summed E-state index contributed by atoms with van der Waals surface area (Å²) in [5.74, 6) is 0. The molecule has 0 radical (unpaired) electrons. The highest BCUT2D eigenvalue weighted by Crippen LogP contribution is 2.22. The number of nitrogens with zero attached hydrogens (tertiary/aromatic N) is 2. The molecule has 2 aromatic heterocycles. The van der Waals surface area contributed by atoms with Gasteiger partial charge in [0.15, 0.2) is 5.15 Å². The molecule has 0 unspecified atom stereocenters. The predicted molar refractivity (Wildman–Crippen MR) is 57.8 cm³/mol. The van der Waals surface area contributed by atoms with E-state index in [0.29, 0.717) is 10.7 Å². The van der Waals surface area contributed by atoms with Gasteiger partial charge in [0.2, 0.25) is 0 Å². The van der Waals surface area contributed by atoms with E-state index in [-0.39, 0.29) is 5.56 Å². The number of hydrogen-bond acceptors (Lipinski definition) is 3. The fraction of sp³-hybridized carbons (Fsp3) is 0.111. The van der Waals surface area contributed by atoms with E-state index in [1.165, 1.54) is 16.0 Å². The molecule has 0 bridgehead atoms. The maximum atomic E-state index is 11.7. The average Bonchev–Trinajstić information content (AvgIpc) is 2.63. The molecule has 0 saturated heterocycles. The molecule has 0 spiro atoms. The predicted octanol–water partition coefficient (Wildman–Crippen LogP) is 2.16. The van der Waals surface area contributed by atoms with Crippen LogP contribution in [0.1, 0.15) is 0 Å². The molecule has 2 heterocycles. The molecule has 0 atom stereocenters. The summed E-state index contributed by atoms with van der Waals surface area (Å²) >= 11 is 7.28. The highest BCUT2D eigenvalue weighted by molar-refractivity contribution is 7.13. The van der Waals surface area contributed by atoms with E-state index in [1.54, 1.807) is 13.1 Å². The van der Waals surface area contributed by atoms with Crippen LogP contribution in [0.4, 0.5) is 0 Å². The molecule has 0 aliphatic carbocycles. The average molecular weight is 227 g/mol. The Hall–Kier alpha value is -1.13. The van der Waals surface area contributed by atoms with Crippen molar-refractivity contribution >= 4 is 22.9 Å². The highest BCUT2D eigenvalue weighted by Gasteiger charge is 2.07. The summed E-state index contributed by atoms with van der Waals surface area (Å²) in [6.45, 7) is 0. The van der Waals surface area contributed by atoms with Gasteiger partial charge in [0.05, 0.1) is 5.56 Å². The third kappa shape index (κ3) is 1.58. The second kappa shape index (κ2) is 3.55. The Morgan fingerprint density at radius 2 is 2.36 bits per heavy atom. The van der Waals surface area contributed by atoms with Gasteiger partial charge in [-0.25, -0.2) is 4.68 Å². The molecule has 5 heteroatoms. The van der Waals surface area contributed by atoms with Crippen LogP contribution in [-0.2, 0) is 7.05 Å². The first-order valence-electron chi connectivity index (χ1n) is 3.96. The molecule has 0 aromatic carbocycles. The molecule has 0 aliphatic rings. The quantitative estimate of drug-likeness (QED) is 0.747. The van der Waals surface area contributed by atoms with Gasteiger partial charge in [0, 0.05) is 11.9 Å². The summed E-state index contributed by atoms with van der Waals surface area (Å²) in [6.07, 6.45) is 0. The smallest absolute Gasteiger partial charge is 0.267 e. The summed E-state index contributed by atoms with van der Waals surface area (Å²) in [6, 6.07) is 5.38. The first-order chi connectivity index (χ1) is 6.68. The Morgan fingerprint density at radius 1 is 1.57 bits per heavy atom. The molecule has 0 aliphatic heterocycles. The molecule has 2 aromatic rings. The summed E-state index contributed by atoms with van der Waals surface area (Å²) in [7, 11) is 1.59. The second-order valence-corrected chi connectivity index (χ2v) is 4.12. The lowest BCUT2D eigenvalue weighted by atomic mass is 10.2. The van der Waals surface area contributed by atoms with Gasteiger partial charge in [0.1, 0.15) is 0 Å². The molecule has 0 amide bonds. The van der Waals surface area contributed by atoms with Gasteiger partial charge >= 0.3 is 0 Å². The Labute approximate surface area is 89.6 Å². The maximum absolute atomic E-state index is 11.7. The van der Waals surface area contributed by atoms with E-state index in [9.17, 15) is 4.79 Å². The standard InChI is InChI=1S/C9H7ClN2OS/c1-12-9(13)6(5-8(10)11-12)7-3-2-4-14-7/h2-5H,1H3. The first-order valence-corrected chi connectivity index (χ1v) is 5.22. The molecular formula is C9H7ClN2OS. The van der Waals surface area contributed by atoms with Crippen LogP contribution in [0.25, 0.3) is 10.4 Å². The molecule has 72 valence electrons. The lowest BCUT2D eigenvalue weighted by Gasteiger charge is -2.00. The minimum absolute atomic E-state index is 0.128. The van der Waals surface area contributed by atoms with Crippen LogP contribution in [-0.4, -0.2) is 9.78 Å². The van der Waals surface area contributed by atoms with Gasteiger partial charge in [-0.2, -0.15) is 5.10 Å². The van der Waals surface area contributed by atoms with Crippen molar-refractivity contribution in [2.75, 3.05) is 0 Å². The first kappa shape index (κ1) is 9.43. The van der Waals surface area contributed by atoms with Gasteiger partial charge < -0.3 is 0 Å². The van der Waals surface area contributed by atoms with Crippen LogP contribution in [0.3, 0.4) is 0 Å². The van der Waals surface area contributed by atoms with Gasteiger partial charge in [-0.1, -0.05) is 17.7 Å². The summed E-state index contributed by atoms with van der Waals surface area (Å²) in [4.78, 5) is 12.6. The fourth-order valence-electron chi connectivity index (χ4n) is 1.18. The molecular weight excluding hydrogens is 220 g/mol. The number of thiophene rings is 1.